The standard InChI is InChI=1S/C29H38N2O/c1-4-6-10-18-32-24(3)11-8-7-9-12-25-13-14-27-20-28(16-15-26(27)19-25)29(17-5-2)21-30-23-31-22-29/h5,9,12-16,19-21,23-24H,2,4,6-8,10-11,17-18,22H2,1,3H3. The van der Waals surface area contributed by atoms with Crippen molar-refractivity contribution < 1.29 is 4.74 Å². The second-order valence-corrected chi connectivity index (χ2v) is 8.93. The number of rotatable bonds is 13. The molecule has 1 aliphatic heterocycles. The quantitative estimate of drug-likeness (QED) is 0.239. The Bertz CT molecular complexity index is 955. The van der Waals surface area contributed by atoms with Crippen molar-refractivity contribution in [1.29, 1.82) is 0 Å². The van der Waals surface area contributed by atoms with E-state index < -0.39 is 0 Å². The molecule has 0 saturated heterocycles. The first kappa shape index (κ1) is 24.1. The van der Waals surface area contributed by atoms with Gasteiger partial charge < -0.3 is 4.74 Å². The Morgan fingerprint density at radius 1 is 1.12 bits per heavy atom. The molecule has 0 aromatic heterocycles. The van der Waals surface area contributed by atoms with Crippen LogP contribution in [-0.2, 0) is 10.2 Å². The van der Waals surface area contributed by atoms with E-state index in [0.717, 1.165) is 38.8 Å². The van der Waals surface area contributed by atoms with Crippen LogP contribution in [0.25, 0.3) is 16.8 Å². The maximum Gasteiger partial charge on any atom is 0.109 e. The van der Waals surface area contributed by atoms with Crippen molar-refractivity contribution in [2.75, 3.05) is 13.2 Å². The van der Waals surface area contributed by atoms with E-state index in [2.05, 4.69) is 79.0 Å². The molecule has 0 bridgehead atoms. The van der Waals surface area contributed by atoms with Crippen LogP contribution in [0.4, 0.5) is 0 Å². The summed E-state index contributed by atoms with van der Waals surface area (Å²) in [6.07, 6.45) is 18.4. The lowest BCUT2D eigenvalue weighted by Gasteiger charge is -2.29. The highest BCUT2D eigenvalue weighted by Gasteiger charge is 2.30. The van der Waals surface area contributed by atoms with Crippen molar-refractivity contribution in [3.63, 3.8) is 0 Å². The molecule has 0 spiro atoms. The molecule has 0 radical (unpaired) electrons. The summed E-state index contributed by atoms with van der Waals surface area (Å²) in [5, 5.41) is 2.51. The van der Waals surface area contributed by atoms with E-state index in [1.807, 2.05) is 12.3 Å². The summed E-state index contributed by atoms with van der Waals surface area (Å²) in [6, 6.07) is 13.4. The van der Waals surface area contributed by atoms with Gasteiger partial charge in [0.1, 0.15) is 6.34 Å². The third kappa shape index (κ3) is 6.74. The Hall–Kier alpha value is -2.52. The number of allylic oxidation sites excluding steroid dienone is 2. The number of hydrogen-bond donors (Lipinski definition) is 0. The van der Waals surface area contributed by atoms with Gasteiger partial charge in [-0.1, -0.05) is 68.3 Å². The molecule has 170 valence electrons. The fourth-order valence-corrected chi connectivity index (χ4v) is 4.27. The molecule has 2 atom stereocenters. The number of nitrogens with zero attached hydrogens (tertiary/aromatic N) is 2. The first-order chi connectivity index (χ1) is 15.7. The van der Waals surface area contributed by atoms with Gasteiger partial charge in [0.25, 0.3) is 0 Å². The third-order valence-corrected chi connectivity index (χ3v) is 6.23. The molecule has 0 N–H and O–H groups in total. The molecule has 3 heteroatoms. The summed E-state index contributed by atoms with van der Waals surface area (Å²) in [7, 11) is 0. The maximum atomic E-state index is 5.89. The molecular weight excluding hydrogens is 392 g/mol. The molecule has 0 amide bonds. The lowest BCUT2D eigenvalue weighted by molar-refractivity contribution is 0.0566. The average Bonchev–Trinajstić information content (AvgIpc) is 2.82. The van der Waals surface area contributed by atoms with Crippen LogP contribution in [0.2, 0.25) is 0 Å². The summed E-state index contributed by atoms with van der Waals surface area (Å²) in [6.45, 7) is 9.98. The van der Waals surface area contributed by atoms with Crippen LogP contribution in [0.5, 0.6) is 0 Å². The van der Waals surface area contributed by atoms with Crippen molar-refractivity contribution in [2.24, 2.45) is 9.98 Å². The maximum absolute atomic E-state index is 5.89. The highest BCUT2D eigenvalue weighted by Crippen LogP contribution is 2.31. The Morgan fingerprint density at radius 3 is 2.75 bits per heavy atom. The van der Waals surface area contributed by atoms with Crippen molar-refractivity contribution in [3.8, 4) is 0 Å². The predicted octanol–water partition coefficient (Wildman–Crippen LogP) is 7.55. The van der Waals surface area contributed by atoms with Crippen molar-refractivity contribution in [3.05, 3.63) is 66.3 Å². The molecule has 0 saturated carbocycles. The Balaban J connectivity index is 1.55. The smallest absolute Gasteiger partial charge is 0.109 e. The van der Waals surface area contributed by atoms with Gasteiger partial charge in [-0.15, -0.1) is 6.58 Å². The van der Waals surface area contributed by atoms with E-state index in [1.165, 1.54) is 41.2 Å². The fraction of sp³-hybridized carbons (Fsp3) is 0.448. The fourth-order valence-electron chi connectivity index (χ4n) is 4.27. The molecule has 2 aromatic rings. The molecule has 3 rings (SSSR count). The zero-order chi connectivity index (χ0) is 22.7. The van der Waals surface area contributed by atoms with Gasteiger partial charge in [-0.05, 0) is 67.0 Å². The highest BCUT2D eigenvalue weighted by molar-refractivity contribution is 5.89. The minimum absolute atomic E-state index is 0.180. The van der Waals surface area contributed by atoms with Crippen molar-refractivity contribution >= 4 is 29.4 Å². The Morgan fingerprint density at radius 2 is 1.97 bits per heavy atom. The van der Waals surface area contributed by atoms with Crippen LogP contribution in [-0.4, -0.2) is 31.8 Å². The molecule has 0 fully saturated rings. The van der Waals surface area contributed by atoms with E-state index in [9.17, 15) is 0 Å². The number of aliphatic imine (C=N–C) groups is 2. The third-order valence-electron chi connectivity index (χ3n) is 6.23. The molecule has 2 unspecified atom stereocenters. The van der Waals surface area contributed by atoms with Crippen LogP contribution in [0.3, 0.4) is 0 Å². The molecule has 32 heavy (non-hydrogen) atoms. The number of fused-ring (bicyclic) bond motifs is 1. The van der Waals surface area contributed by atoms with E-state index in [4.69, 9.17) is 4.74 Å². The largest absolute Gasteiger partial charge is 0.379 e. The van der Waals surface area contributed by atoms with E-state index in [0.29, 0.717) is 6.10 Å². The molecule has 3 nitrogen and oxygen atoms in total. The zero-order valence-electron chi connectivity index (χ0n) is 19.8. The number of hydrogen-bond acceptors (Lipinski definition) is 3. The van der Waals surface area contributed by atoms with Gasteiger partial charge >= 0.3 is 0 Å². The van der Waals surface area contributed by atoms with Crippen LogP contribution in [0, 0.1) is 0 Å². The average molecular weight is 431 g/mol. The van der Waals surface area contributed by atoms with Crippen LogP contribution >= 0.6 is 0 Å². The first-order valence-electron chi connectivity index (χ1n) is 12.1. The van der Waals surface area contributed by atoms with Crippen molar-refractivity contribution in [2.45, 2.75) is 70.3 Å². The lowest BCUT2D eigenvalue weighted by atomic mass is 9.77. The Labute approximate surface area is 194 Å². The summed E-state index contributed by atoms with van der Waals surface area (Å²) in [5.41, 5.74) is 2.32. The van der Waals surface area contributed by atoms with Gasteiger partial charge in [-0.2, -0.15) is 0 Å². The van der Waals surface area contributed by atoms with Gasteiger partial charge in [-0.25, -0.2) is 4.99 Å². The topological polar surface area (TPSA) is 34.0 Å². The SMILES string of the molecule is C=CCC1(c2ccc3cc(C=CCCCC(C)OCCCCC)ccc3c2)C=NC=NC1. The summed E-state index contributed by atoms with van der Waals surface area (Å²) in [4.78, 5) is 8.73. The second kappa shape index (κ2) is 12.5. The first-order valence-corrected chi connectivity index (χ1v) is 12.1. The van der Waals surface area contributed by atoms with Crippen LogP contribution in [0.15, 0.2) is 65.1 Å². The molecule has 1 heterocycles. The molecule has 1 aliphatic rings. The monoisotopic (exact) mass is 430 g/mol. The summed E-state index contributed by atoms with van der Waals surface area (Å²) in [5.74, 6) is 0. The van der Waals surface area contributed by atoms with Gasteiger partial charge in [0.05, 0.1) is 18.1 Å². The number of unbranched alkanes of at least 4 members (excludes halogenated alkanes) is 3. The lowest BCUT2D eigenvalue weighted by Crippen LogP contribution is -2.33. The minimum Gasteiger partial charge on any atom is -0.379 e. The van der Waals surface area contributed by atoms with Crippen molar-refractivity contribution in [1.82, 2.24) is 0 Å². The van der Waals surface area contributed by atoms with Crippen LogP contribution < -0.4 is 0 Å². The van der Waals surface area contributed by atoms with Gasteiger partial charge in [0.2, 0.25) is 0 Å². The molecule has 2 aromatic carbocycles. The van der Waals surface area contributed by atoms with Gasteiger partial charge in [0, 0.05) is 12.8 Å². The van der Waals surface area contributed by atoms with E-state index >= 15 is 0 Å². The van der Waals surface area contributed by atoms with Crippen LogP contribution in [0.1, 0.15) is 69.9 Å². The minimum atomic E-state index is -0.180. The van der Waals surface area contributed by atoms with E-state index in [1.54, 1.807) is 6.34 Å². The van der Waals surface area contributed by atoms with Gasteiger partial charge in [0.15, 0.2) is 0 Å². The second-order valence-electron chi connectivity index (χ2n) is 8.93. The van der Waals surface area contributed by atoms with E-state index in [-0.39, 0.29) is 5.41 Å². The normalized spacial score (nSPS) is 19.1. The number of ether oxygens (including phenoxy) is 1. The predicted molar refractivity (Wildman–Crippen MR) is 140 cm³/mol. The molecular formula is C29H38N2O. The summed E-state index contributed by atoms with van der Waals surface area (Å²) >= 11 is 0. The number of benzene rings is 2. The molecule has 0 aliphatic carbocycles. The zero-order valence-corrected chi connectivity index (χ0v) is 19.8. The van der Waals surface area contributed by atoms with Gasteiger partial charge in [-0.3, -0.25) is 4.99 Å². The summed E-state index contributed by atoms with van der Waals surface area (Å²) < 4.78 is 5.89. The Kier molecular flexibility index (Phi) is 9.43. The highest BCUT2D eigenvalue weighted by atomic mass is 16.5.